The molecule has 0 heterocycles. The van der Waals surface area contributed by atoms with Crippen molar-refractivity contribution in [1.29, 1.82) is 0 Å². The Balaban J connectivity index is 4.13. The molecule has 0 saturated heterocycles. The summed E-state index contributed by atoms with van der Waals surface area (Å²) in [6.07, 6.45) is 4.93. The quantitative estimate of drug-likeness (QED) is 0.542. The second kappa shape index (κ2) is 6.23. The molecule has 0 aliphatic heterocycles. The Morgan fingerprint density at radius 2 is 1.62 bits per heavy atom. The molecule has 0 N–H and O–H groups in total. The highest BCUT2D eigenvalue weighted by Crippen LogP contribution is 2.22. The minimum atomic E-state index is 0.703. The Hall–Kier alpha value is -0.260. The van der Waals surface area contributed by atoms with Gasteiger partial charge in [-0.3, -0.25) is 0 Å². The van der Waals surface area contributed by atoms with E-state index in [1.165, 1.54) is 12.8 Å². The van der Waals surface area contributed by atoms with Crippen LogP contribution in [0.25, 0.3) is 0 Å². The monoisotopic (exact) mass is 182 g/mol. The molecule has 0 spiro atoms. The number of hydrogen-bond acceptors (Lipinski definition) is 0. The lowest BCUT2D eigenvalue weighted by Gasteiger charge is -2.17. The van der Waals surface area contributed by atoms with Crippen molar-refractivity contribution in [3.63, 3.8) is 0 Å². The van der Waals surface area contributed by atoms with Gasteiger partial charge in [-0.05, 0) is 30.6 Å². The fraction of sp³-hybridized carbons (Fsp3) is 0.846. The standard InChI is InChI=1S/C13H26/c1-7-13(8-10(2)3)9-12(6)11(4)5/h8,10-12H,7,9H2,1-6H3. The molecule has 0 amide bonds. The summed E-state index contributed by atoms with van der Waals surface area (Å²) in [7, 11) is 0. The van der Waals surface area contributed by atoms with Crippen molar-refractivity contribution < 1.29 is 0 Å². The van der Waals surface area contributed by atoms with Crippen molar-refractivity contribution in [1.82, 2.24) is 0 Å². The van der Waals surface area contributed by atoms with Crippen LogP contribution in [0, 0.1) is 17.8 Å². The number of rotatable bonds is 5. The average Bonchev–Trinajstić information content (AvgIpc) is 2.02. The SMILES string of the molecule is CCC(=CC(C)C)CC(C)C(C)C. The average molecular weight is 182 g/mol. The molecule has 0 heteroatoms. The maximum atomic E-state index is 2.43. The lowest BCUT2D eigenvalue weighted by Crippen LogP contribution is -2.05. The van der Waals surface area contributed by atoms with Gasteiger partial charge in [0.1, 0.15) is 0 Å². The Morgan fingerprint density at radius 1 is 1.08 bits per heavy atom. The first-order valence-electron chi connectivity index (χ1n) is 5.66. The molecule has 0 nitrogen and oxygen atoms in total. The van der Waals surface area contributed by atoms with Crippen LogP contribution in [-0.4, -0.2) is 0 Å². The minimum Gasteiger partial charge on any atom is -0.0828 e. The van der Waals surface area contributed by atoms with Crippen molar-refractivity contribution in [3.8, 4) is 0 Å². The first kappa shape index (κ1) is 12.7. The van der Waals surface area contributed by atoms with E-state index in [1.807, 2.05) is 0 Å². The largest absolute Gasteiger partial charge is 0.0828 e. The summed E-state index contributed by atoms with van der Waals surface area (Å²) in [5.41, 5.74) is 1.64. The third-order valence-corrected chi connectivity index (χ3v) is 2.75. The molecule has 0 rings (SSSR count). The summed E-state index contributed by atoms with van der Waals surface area (Å²) in [5.74, 6) is 2.33. The van der Waals surface area contributed by atoms with Crippen molar-refractivity contribution in [2.45, 2.75) is 54.4 Å². The Labute approximate surface area is 84.4 Å². The van der Waals surface area contributed by atoms with Crippen LogP contribution in [0.1, 0.15) is 54.4 Å². The van der Waals surface area contributed by atoms with Crippen LogP contribution in [0.5, 0.6) is 0 Å². The maximum Gasteiger partial charge on any atom is -0.0288 e. The zero-order valence-electron chi connectivity index (χ0n) is 10.2. The second-order valence-corrected chi connectivity index (χ2v) is 4.85. The van der Waals surface area contributed by atoms with Crippen LogP contribution in [0.2, 0.25) is 0 Å². The molecule has 0 aromatic carbocycles. The Bertz CT molecular complexity index is 151. The molecule has 1 atom stereocenters. The van der Waals surface area contributed by atoms with E-state index in [0.717, 1.165) is 11.8 Å². The van der Waals surface area contributed by atoms with Gasteiger partial charge in [0.2, 0.25) is 0 Å². The van der Waals surface area contributed by atoms with Crippen LogP contribution in [0.4, 0.5) is 0 Å². The molecular formula is C13H26. The lowest BCUT2D eigenvalue weighted by molar-refractivity contribution is 0.412. The molecule has 78 valence electrons. The molecule has 0 radical (unpaired) electrons. The number of allylic oxidation sites excluding steroid dienone is 2. The maximum absolute atomic E-state index is 2.43. The summed E-state index contributed by atoms with van der Waals surface area (Å²) < 4.78 is 0. The highest BCUT2D eigenvalue weighted by molar-refractivity contribution is 5.03. The van der Waals surface area contributed by atoms with Crippen molar-refractivity contribution in [2.24, 2.45) is 17.8 Å². The molecule has 0 aromatic heterocycles. The summed E-state index contributed by atoms with van der Waals surface area (Å²) in [5, 5.41) is 0. The van der Waals surface area contributed by atoms with Gasteiger partial charge in [-0.2, -0.15) is 0 Å². The van der Waals surface area contributed by atoms with Crippen LogP contribution in [0.3, 0.4) is 0 Å². The minimum absolute atomic E-state index is 0.703. The zero-order valence-corrected chi connectivity index (χ0v) is 10.2. The van der Waals surface area contributed by atoms with Crippen molar-refractivity contribution >= 4 is 0 Å². The molecule has 1 unspecified atom stereocenters. The van der Waals surface area contributed by atoms with Gasteiger partial charge in [0, 0.05) is 0 Å². The smallest absolute Gasteiger partial charge is 0.0288 e. The first-order chi connectivity index (χ1) is 5.97. The Morgan fingerprint density at radius 3 is 1.92 bits per heavy atom. The lowest BCUT2D eigenvalue weighted by atomic mass is 9.89. The predicted octanol–water partition coefficient (Wildman–Crippen LogP) is 4.66. The fourth-order valence-electron chi connectivity index (χ4n) is 1.45. The van der Waals surface area contributed by atoms with E-state index < -0.39 is 0 Å². The van der Waals surface area contributed by atoms with E-state index >= 15 is 0 Å². The van der Waals surface area contributed by atoms with Crippen LogP contribution >= 0.6 is 0 Å². The summed E-state index contributed by atoms with van der Waals surface area (Å²) in [4.78, 5) is 0. The zero-order chi connectivity index (χ0) is 10.4. The molecule has 0 aliphatic rings. The molecule has 0 aliphatic carbocycles. The third-order valence-electron chi connectivity index (χ3n) is 2.75. The van der Waals surface area contributed by atoms with Crippen LogP contribution < -0.4 is 0 Å². The fourth-order valence-corrected chi connectivity index (χ4v) is 1.45. The van der Waals surface area contributed by atoms with E-state index in [0.29, 0.717) is 5.92 Å². The van der Waals surface area contributed by atoms with Gasteiger partial charge in [-0.25, -0.2) is 0 Å². The van der Waals surface area contributed by atoms with Gasteiger partial charge in [-0.1, -0.05) is 53.2 Å². The Kier molecular flexibility index (Phi) is 6.11. The molecule has 13 heavy (non-hydrogen) atoms. The van der Waals surface area contributed by atoms with Gasteiger partial charge in [-0.15, -0.1) is 0 Å². The van der Waals surface area contributed by atoms with E-state index in [-0.39, 0.29) is 0 Å². The van der Waals surface area contributed by atoms with Gasteiger partial charge < -0.3 is 0 Å². The topological polar surface area (TPSA) is 0 Å². The summed E-state index contributed by atoms with van der Waals surface area (Å²) >= 11 is 0. The highest BCUT2D eigenvalue weighted by atomic mass is 14.1. The summed E-state index contributed by atoms with van der Waals surface area (Å²) in [6.45, 7) is 13.8. The predicted molar refractivity (Wildman–Crippen MR) is 61.8 cm³/mol. The second-order valence-electron chi connectivity index (χ2n) is 4.85. The molecule has 0 fully saturated rings. The molecule has 0 aromatic rings. The van der Waals surface area contributed by atoms with E-state index in [2.05, 4.69) is 47.6 Å². The van der Waals surface area contributed by atoms with Gasteiger partial charge in [0.05, 0.1) is 0 Å². The first-order valence-corrected chi connectivity index (χ1v) is 5.66. The summed E-state index contributed by atoms with van der Waals surface area (Å²) in [6, 6.07) is 0. The highest BCUT2D eigenvalue weighted by Gasteiger charge is 2.08. The molecular weight excluding hydrogens is 156 g/mol. The van der Waals surface area contributed by atoms with Crippen molar-refractivity contribution in [2.75, 3.05) is 0 Å². The normalized spacial score (nSPS) is 15.5. The van der Waals surface area contributed by atoms with Crippen LogP contribution in [0.15, 0.2) is 11.6 Å². The van der Waals surface area contributed by atoms with Crippen LogP contribution in [-0.2, 0) is 0 Å². The van der Waals surface area contributed by atoms with Gasteiger partial charge in [0.15, 0.2) is 0 Å². The molecule has 0 saturated carbocycles. The number of hydrogen-bond donors (Lipinski definition) is 0. The van der Waals surface area contributed by atoms with E-state index in [1.54, 1.807) is 5.57 Å². The van der Waals surface area contributed by atoms with E-state index in [4.69, 9.17) is 0 Å². The van der Waals surface area contributed by atoms with Gasteiger partial charge in [0.25, 0.3) is 0 Å². The third kappa shape index (κ3) is 5.90. The molecule has 0 bridgehead atoms. The van der Waals surface area contributed by atoms with Crippen molar-refractivity contribution in [3.05, 3.63) is 11.6 Å². The van der Waals surface area contributed by atoms with E-state index in [9.17, 15) is 0 Å². The van der Waals surface area contributed by atoms with Gasteiger partial charge >= 0.3 is 0 Å².